The summed E-state index contributed by atoms with van der Waals surface area (Å²) in [4.78, 5) is 22.2. The van der Waals surface area contributed by atoms with Gasteiger partial charge in [-0.15, -0.1) is 0 Å². The zero-order chi connectivity index (χ0) is 25.3. The minimum absolute atomic E-state index is 0.105. The third kappa shape index (κ3) is 5.47. The van der Waals surface area contributed by atoms with Crippen LogP contribution >= 0.6 is 11.6 Å². The van der Waals surface area contributed by atoms with E-state index in [2.05, 4.69) is 27.1 Å². The molecule has 0 bridgehead atoms. The van der Waals surface area contributed by atoms with Gasteiger partial charge in [-0.05, 0) is 63.4 Å². The van der Waals surface area contributed by atoms with Gasteiger partial charge in [0.1, 0.15) is 5.82 Å². The Bertz CT molecular complexity index is 1400. The van der Waals surface area contributed by atoms with Gasteiger partial charge in [0.15, 0.2) is 0 Å². The molecule has 4 rings (SSSR count). The van der Waals surface area contributed by atoms with Gasteiger partial charge in [0.25, 0.3) is 5.56 Å². The van der Waals surface area contributed by atoms with E-state index in [9.17, 15) is 13.2 Å². The maximum Gasteiger partial charge on any atom is 0.253 e. The lowest BCUT2D eigenvalue weighted by Gasteiger charge is -2.39. The summed E-state index contributed by atoms with van der Waals surface area (Å²) in [6.45, 7) is 8.03. The largest absolute Gasteiger partial charge is 0.368 e. The van der Waals surface area contributed by atoms with Gasteiger partial charge in [0.2, 0.25) is 10.0 Å². The van der Waals surface area contributed by atoms with Crippen LogP contribution in [0.4, 0.5) is 11.5 Å². The molecule has 0 spiro atoms. The maximum absolute atomic E-state index is 12.5. The number of H-pyrrole nitrogens is 1. The van der Waals surface area contributed by atoms with E-state index in [-0.39, 0.29) is 11.6 Å². The lowest BCUT2D eigenvalue weighted by molar-refractivity contribution is 0.313. The summed E-state index contributed by atoms with van der Waals surface area (Å²) in [5, 5.41) is 5.82. The van der Waals surface area contributed by atoms with Crippen LogP contribution < -0.4 is 15.8 Å². The van der Waals surface area contributed by atoms with Gasteiger partial charge in [-0.2, -0.15) is 0 Å². The molecule has 0 saturated carbocycles. The number of piperidine rings is 1. The van der Waals surface area contributed by atoms with Crippen LogP contribution in [0.25, 0.3) is 10.8 Å². The quantitative estimate of drug-likeness (QED) is 0.490. The Morgan fingerprint density at radius 3 is 2.54 bits per heavy atom. The van der Waals surface area contributed by atoms with Crippen molar-refractivity contribution < 1.29 is 8.42 Å². The Morgan fingerprint density at radius 1 is 1.20 bits per heavy atom. The minimum Gasteiger partial charge on any atom is -0.368 e. The fraction of sp³-hybridized carbons (Fsp3) is 0.440. The molecule has 35 heavy (non-hydrogen) atoms. The zero-order valence-corrected chi connectivity index (χ0v) is 22.1. The number of nitrogens with one attached hydrogen (secondary N) is 2. The summed E-state index contributed by atoms with van der Waals surface area (Å²) in [6, 6.07) is 8.00. The number of halogens is 1. The standard InChI is InChI=1S/C25H32ClN5O3S/c1-5-31(19-7-10-30(11-8-19)35(4,33)34)23-14-18(26)13-21-20(23)6-9-27-24(21)28-15-22-16(2)12-17(3)29-25(22)32/h6,9,12-14,19H,5,7-8,10-11,15H2,1-4H3,(H,27,28)(H,29,32). The summed E-state index contributed by atoms with van der Waals surface area (Å²) >= 11 is 6.58. The Hall–Kier alpha value is -2.62. The van der Waals surface area contributed by atoms with Crippen LogP contribution in [0.5, 0.6) is 0 Å². The van der Waals surface area contributed by atoms with Crippen molar-refractivity contribution in [1.29, 1.82) is 0 Å². The number of hydrogen-bond donors (Lipinski definition) is 2. The lowest BCUT2D eigenvalue weighted by atomic mass is 10.0. The smallest absolute Gasteiger partial charge is 0.253 e. The maximum atomic E-state index is 12.5. The van der Waals surface area contributed by atoms with Gasteiger partial charge >= 0.3 is 0 Å². The number of rotatable bonds is 7. The highest BCUT2D eigenvalue weighted by Crippen LogP contribution is 2.36. The highest BCUT2D eigenvalue weighted by Gasteiger charge is 2.29. The Morgan fingerprint density at radius 2 is 1.91 bits per heavy atom. The van der Waals surface area contributed by atoms with Crippen molar-refractivity contribution in [2.75, 3.05) is 36.1 Å². The molecular formula is C25H32ClN5O3S. The first-order valence-electron chi connectivity index (χ1n) is 11.8. The first-order chi connectivity index (χ1) is 16.6. The predicted molar refractivity (Wildman–Crippen MR) is 143 cm³/mol. The number of aromatic nitrogens is 2. The SMILES string of the molecule is CCN(c1cc(Cl)cc2c(NCc3c(C)cc(C)[nH]c3=O)nccc12)C1CCN(S(C)(=O)=O)CC1. The van der Waals surface area contributed by atoms with Gasteiger partial charge < -0.3 is 15.2 Å². The molecule has 1 saturated heterocycles. The molecule has 0 radical (unpaired) electrons. The van der Waals surface area contributed by atoms with Crippen molar-refractivity contribution in [3.05, 3.63) is 62.7 Å². The highest BCUT2D eigenvalue weighted by molar-refractivity contribution is 7.88. The van der Waals surface area contributed by atoms with Crippen LogP contribution in [0, 0.1) is 13.8 Å². The molecule has 0 unspecified atom stereocenters. The molecule has 1 aliphatic heterocycles. The van der Waals surface area contributed by atoms with E-state index in [0.717, 1.165) is 47.1 Å². The van der Waals surface area contributed by atoms with Crippen LogP contribution in [0.15, 0.2) is 35.3 Å². The number of sulfonamides is 1. The van der Waals surface area contributed by atoms with Crippen molar-refractivity contribution in [1.82, 2.24) is 14.3 Å². The third-order valence-electron chi connectivity index (χ3n) is 6.73. The fourth-order valence-electron chi connectivity index (χ4n) is 4.99. The first kappa shape index (κ1) is 25.5. The topological polar surface area (TPSA) is 98.4 Å². The van der Waals surface area contributed by atoms with Crippen molar-refractivity contribution >= 4 is 43.9 Å². The summed E-state index contributed by atoms with van der Waals surface area (Å²) in [5.74, 6) is 0.661. The number of aromatic amines is 1. The average Bonchev–Trinajstić information content (AvgIpc) is 2.79. The molecule has 188 valence electrons. The number of aryl methyl sites for hydroxylation is 2. The van der Waals surface area contributed by atoms with Crippen molar-refractivity contribution in [3.8, 4) is 0 Å². The molecule has 0 amide bonds. The predicted octanol–water partition coefficient (Wildman–Crippen LogP) is 4.06. The van der Waals surface area contributed by atoms with Crippen LogP contribution in [0.2, 0.25) is 5.02 Å². The minimum atomic E-state index is -3.18. The molecule has 1 aliphatic rings. The van der Waals surface area contributed by atoms with E-state index < -0.39 is 10.0 Å². The Kier molecular flexibility index (Phi) is 7.40. The molecular weight excluding hydrogens is 486 g/mol. The lowest BCUT2D eigenvalue weighted by Crippen LogP contribution is -2.46. The summed E-state index contributed by atoms with van der Waals surface area (Å²) in [7, 11) is -3.18. The number of benzene rings is 1. The number of nitrogens with zero attached hydrogens (tertiary/aromatic N) is 3. The third-order valence-corrected chi connectivity index (χ3v) is 8.25. The number of anilines is 2. The molecule has 3 heterocycles. The molecule has 1 fully saturated rings. The van der Waals surface area contributed by atoms with Gasteiger partial charge in [-0.1, -0.05) is 11.6 Å². The molecule has 1 aromatic carbocycles. The fourth-order valence-corrected chi connectivity index (χ4v) is 6.08. The molecule has 8 nitrogen and oxygen atoms in total. The van der Waals surface area contributed by atoms with E-state index >= 15 is 0 Å². The van der Waals surface area contributed by atoms with Gasteiger partial charge in [-0.25, -0.2) is 17.7 Å². The highest BCUT2D eigenvalue weighted by atomic mass is 35.5. The van der Waals surface area contributed by atoms with E-state index in [1.807, 2.05) is 38.1 Å². The van der Waals surface area contributed by atoms with Gasteiger partial charge in [0.05, 0.1) is 6.26 Å². The average molecular weight is 518 g/mol. The second-order valence-electron chi connectivity index (χ2n) is 9.16. The van der Waals surface area contributed by atoms with Crippen molar-refractivity contribution in [3.63, 3.8) is 0 Å². The van der Waals surface area contributed by atoms with Crippen molar-refractivity contribution in [2.45, 2.75) is 46.2 Å². The number of hydrogen-bond acceptors (Lipinski definition) is 6. The van der Waals surface area contributed by atoms with Crippen LogP contribution in [0.3, 0.4) is 0 Å². The van der Waals surface area contributed by atoms with E-state index in [1.54, 1.807) is 10.5 Å². The molecule has 2 N–H and O–H groups in total. The molecule has 3 aromatic rings. The molecule has 0 atom stereocenters. The van der Waals surface area contributed by atoms with Gasteiger partial charge in [0, 0.05) is 71.2 Å². The monoisotopic (exact) mass is 517 g/mol. The van der Waals surface area contributed by atoms with E-state index in [1.165, 1.54) is 6.26 Å². The Balaban J connectivity index is 1.65. The molecule has 0 aliphatic carbocycles. The van der Waals surface area contributed by atoms with E-state index in [0.29, 0.717) is 36.0 Å². The second-order valence-corrected chi connectivity index (χ2v) is 11.6. The van der Waals surface area contributed by atoms with Crippen LogP contribution in [0.1, 0.15) is 36.6 Å². The summed E-state index contributed by atoms with van der Waals surface area (Å²) < 4.78 is 25.4. The zero-order valence-electron chi connectivity index (χ0n) is 20.6. The molecule has 10 heteroatoms. The molecule has 2 aromatic heterocycles. The normalized spacial score (nSPS) is 15.5. The summed E-state index contributed by atoms with van der Waals surface area (Å²) in [6.07, 6.45) is 4.53. The second kappa shape index (κ2) is 10.2. The van der Waals surface area contributed by atoms with Crippen molar-refractivity contribution in [2.24, 2.45) is 0 Å². The first-order valence-corrected chi connectivity index (χ1v) is 14.0. The van der Waals surface area contributed by atoms with Gasteiger partial charge in [-0.3, -0.25) is 4.79 Å². The number of fused-ring (bicyclic) bond motifs is 1. The Labute approximate surface area is 211 Å². The van der Waals surface area contributed by atoms with Crippen LogP contribution in [-0.2, 0) is 16.6 Å². The number of pyridine rings is 2. The van der Waals surface area contributed by atoms with E-state index in [4.69, 9.17) is 11.6 Å². The summed E-state index contributed by atoms with van der Waals surface area (Å²) in [5.41, 5.74) is 3.33. The van der Waals surface area contributed by atoms with Crippen LogP contribution in [-0.4, -0.2) is 54.6 Å².